The minimum absolute atomic E-state index is 0.135. The number of aryl methyl sites for hydroxylation is 1. The smallest absolute Gasteiger partial charge is 0.231 e. The van der Waals surface area contributed by atoms with Gasteiger partial charge in [-0.2, -0.15) is 0 Å². The quantitative estimate of drug-likeness (QED) is 0.460. The molecule has 1 heterocycles. The molecule has 0 aliphatic carbocycles. The second kappa shape index (κ2) is 7.70. The van der Waals surface area contributed by atoms with E-state index in [9.17, 15) is 4.79 Å². The first-order valence-corrected chi connectivity index (χ1v) is 9.47. The van der Waals surface area contributed by atoms with Crippen LogP contribution in [0.5, 0.6) is 11.5 Å². The standard InChI is InChI=1S/C23H16Cl2O3/c1-14-3-2-4-15(9-14)10-22-23(26)19-8-7-18(12-21(19)28-22)27-13-16-5-6-17(24)11-20(16)25/h2-12H,13H2,1H3/b22-10-. The Hall–Kier alpha value is -2.75. The number of halogens is 2. The highest BCUT2D eigenvalue weighted by molar-refractivity contribution is 6.35. The topological polar surface area (TPSA) is 35.5 Å². The van der Waals surface area contributed by atoms with Gasteiger partial charge in [-0.1, -0.05) is 59.1 Å². The molecule has 0 bridgehead atoms. The average Bonchev–Trinajstić information content (AvgIpc) is 2.96. The van der Waals surface area contributed by atoms with E-state index >= 15 is 0 Å². The molecule has 140 valence electrons. The first kappa shape index (κ1) is 18.6. The molecule has 0 fully saturated rings. The maximum Gasteiger partial charge on any atom is 0.231 e. The maximum absolute atomic E-state index is 12.6. The van der Waals surface area contributed by atoms with E-state index in [2.05, 4.69) is 0 Å². The fourth-order valence-corrected chi connectivity index (χ4v) is 3.43. The van der Waals surface area contributed by atoms with E-state index in [1.807, 2.05) is 37.3 Å². The summed E-state index contributed by atoms with van der Waals surface area (Å²) in [5.74, 6) is 1.25. The summed E-state index contributed by atoms with van der Waals surface area (Å²) < 4.78 is 11.6. The lowest BCUT2D eigenvalue weighted by Gasteiger charge is -2.09. The average molecular weight is 411 g/mol. The van der Waals surface area contributed by atoms with Gasteiger partial charge in [0.05, 0.1) is 5.56 Å². The summed E-state index contributed by atoms with van der Waals surface area (Å²) in [6.45, 7) is 2.29. The van der Waals surface area contributed by atoms with Crippen molar-refractivity contribution in [2.75, 3.05) is 0 Å². The van der Waals surface area contributed by atoms with Gasteiger partial charge in [0, 0.05) is 21.7 Å². The minimum Gasteiger partial charge on any atom is -0.489 e. The van der Waals surface area contributed by atoms with Gasteiger partial charge in [0.2, 0.25) is 5.78 Å². The molecule has 3 nitrogen and oxygen atoms in total. The zero-order valence-electron chi connectivity index (χ0n) is 15.0. The molecule has 1 aliphatic rings. The molecule has 0 unspecified atom stereocenters. The lowest BCUT2D eigenvalue weighted by Crippen LogP contribution is -1.98. The number of allylic oxidation sites excluding steroid dienone is 1. The van der Waals surface area contributed by atoms with E-state index in [1.54, 1.807) is 36.4 Å². The molecular formula is C23H16Cl2O3. The molecule has 3 aromatic rings. The fraction of sp³-hybridized carbons (Fsp3) is 0.0870. The van der Waals surface area contributed by atoms with E-state index in [4.69, 9.17) is 32.7 Å². The third-order valence-electron chi connectivity index (χ3n) is 4.39. The largest absolute Gasteiger partial charge is 0.489 e. The van der Waals surface area contributed by atoms with Crippen molar-refractivity contribution in [1.29, 1.82) is 0 Å². The lowest BCUT2D eigenvalue weighted by atomic mass is 10.1. The Balaban J connectivity index is 1.52. The van der Waals surface area contributed by atoms with E-state index in [0.29, 0.717) is 32.9 Å². The molecule has 0 atom stereocenters. The molecule has 0 radical (unpaired) electrons. The summed E-state index contributed by atoms with van der Waals surface area (Å²) >= 11 is 12.1. The number of ketones is 1. The van der Waals surface area contributed by atoms with Crippen molar-refractivity contribution in [2.24, 2.45) is 0 Å². The van der Waals surface area contributed by atoms with Crippen LogP contribution in [0, 0.1) is 6.92 Å². The van der Waals surface area contributed by atoms with Crippen molar-refractivity contribution in [3.63, 3.8) is 0 Å². The van der Waals surface area contributed by atoms with Crippen LogP contribution in [0.15, 0.2) is 66.4 Å². The molecule has 1 aliphatic heterocycles. The summed E-state index contributed by atoms with van der Waals surface area (Å²) in [5, 5.41) is 1.12. The van der Waals surface area contributed by atoms with E-state index in [0.717, 1.165) is 16.7 Å². The Morgan fingerprint density at radius 1 is 1.04 bits per heavy atom. The van der Waals surface area contributed by atoms with Crippen molar-refractivity contribution in [3.05, 3.63) is 98.7 Å². The number of rotatable bonds is 4. The van der Waals surface area contributed by atoms with Crippen LogP contribution in [-0.2, 0) is 6.61 Å². The minimum atomic E-state index is -0.135. The number of hydrogen-bond acceptors (Lipinski definition) is 3. The van der Waals surface area contributed by atoms with Gasteiger partial charge in [0.25, 0.3) is 0 Å². The number of hydrogen-bond donors (Lipinski definition) is 0. The third kappa shape index (κ3) is 3.91. The Kier molecular flexibility index (Phi) is 5.12. The number of ether oxygens (including phenoxy) is 2. The van der Waals surface area contributed by atoms with E-state index < -0.39 is 0 Å². The Morgan fingerprint density at radius 3 is 2.68 bits per heavy atom. The third-order valence-corrected chi connectivity index (χ3v) is 4.98. The van der Waals surface area contributed by atoms with Crippen molar-refractivity contribution >= 4 is 35.1 Å². The van der Waals surface area contributed by atoms with Crippen LogP contribution in [0.4, 0.5) is 0 Å². The van der Waals surface area contributed by atoms with E-state index in [-0.39, 0.29) is 12.4 Å². The highest BCUT2D eigenvalue weighted by atomic mass is 35.5. The second-order valence-corrected chi connectivity index (χ2v) is 7.38. The summed E-state index contributed by atoms with van der Waals surface area (Å²) in [4.78, 5) is 12.6. The summed E-state index contributed by atoms with van der Waals surface area (Å²) in [5.41, 5.74) is 3.39. The van der Waals surface area contributed by atoms with Gasteiger partial charge >= 0.3 is 0 Å². The van der Waals surface area contributed by atoms with Gasteiger partial charge in [-0.25, -0.2) is 0 Å². The number of carbonyl (C=O) groups excluding carboxylic acids is 1. The molecule has 0 saturated carbocycles. The molecular weight excluding hydrogens is 395 g/mol. The molecule has 28 heavy (non-hydrogen) atoms. The zero-order valence-corrected chi connectivity index (χ0v) is 16.6. The predicted octanol–water partition coefficient (Wildman–Crippen LogP) is 6.50. The highest BCUT2D eigenvalue weighted by Crippen LogP contribution is 2.35. The molecule has 0 amide bonds. The van der Waals surface area contributed by atoms with Crippen LogP contribution < -0.4 is 9.47 Å². The Bertz CT molecular complexity index is 1100. The molecule has 0 saturated heterocycles. The zero-order chi connectivity index (χ0) is 19.7. The number of Topliss-reactive ketones (excluding diaryl/α,β-unsaturated/α-hetero) is 1. The summed E-state index contributed by atoms with van der Waals surface area (Å²) in [6, 6.07) is 18.3. The molecule has 0 aromatic heterocycles. The predicted molar refractivity (Wildman–Crippen MR) is 111 cm³/mol. The van der Waals surface area contributed by atoms with Crippen LogP contribution in [0.2, 0.25) is 10.0 Å². The van der Waals surface area contributed by atoms with Crippen LogP contribution >= 0.6 is 23.2 Å². The second-order valence-electron chi connectivity index (χ2n) is 6.54. The summed E-state index contributed by atoms with van der Waals surface area (Å²) in [6.07, 6.45) is 1.75. The van der Waals surface area contributed by atoms with Crippen molar-refractivity contribution in [1.82, 2.24) is 0 Å². The van der Waals surface area contributed by atoms with Crippen LogP contribution in [-0.4, -0.2) is 5.78 Å². The van der Waals surface area contributed by atoms with Crippen LogP contribution in [0.1, 0.15) is 27.0 Å². The monoisotopic (exact) mass is 410 g/mol. The van der Waals surface area contributed by atoms with Gasteiger partial charge < -0.3 is 9.47 Å². The highest BCUT2D eigenvalue weighted by Gasteiger charge is 2.27. The van der Waals surface area contributed by atoms with Crippen molar-refractivity contribution < 1.29 is 14.3 Å². The molecule has 0 spiro atoms. The first-order valence-electron chi connectivity index (χ1n) is 8.71. The van der Waals surface area contributed by atoms with E-state index in [1.165, 1.54) is 0 Å². The first-order chi connectivity index (χ1) is 13.5. The maximum atomic E-state index is 12.6. The van der Waals surface area contributed by atoms with Crippen molar-refractivity contribution in [2.45, 2.75) is 13.5 Å². The lowest BCUT2D eigenvalue weighted by molar-refractivity contribution is 0.101. The van der Waals surface area contributed by atoms with Crippen LogP contribution in [0.25, 0.3) is 6.08 Å². The molecule has 4 rings (SSSR count). The van der Waals surface area contributed by atoms with Gasteiger partial charge in [-0.15, -0.1) is 0 Å². The molecule has 3 aromatic carbocycles. The molecule has 5 heteroatoms. The molecule has 0 N–H and O–H groups in total. The number of benzene rings is 3. The van der Waals surface area contributed by atoms with Crippen LogP contribution in [0.3, 0.4) is 0 Å². The SMILES string of the molecule is Cc1cccc(/C=C2\Oc3cc(OCc4ccc(Cl)cc4Cl)ccc3C2=O)c1. The Morgan fingerprint density at radius 2 is 1.89 bits per heavy atom. The van der Waals surface area contributed by atoms with Gasteiger partial charge in [0.1, 0.15) is 18.1 Å². The summed E-state index contributed by atoms with van der Waals surface area (Å²) in [7, 11) is 0. The van der Waals surface area contributed by atoms with Gasteiger partial charge in [-0.3, -0.25) is 4.79 Å². The van der Waals surface area contributed by atoms with Crippen molar-refractivity contribution in [3.8, 4) is 11.5 Å². The number of carbonyl (C=O) groups is 1. The number of fused-ring (bicyclic) bond motifs is 1. The Labute approximate surface area is 173 Å². The van der Waals surface area contributed by atoms with Gasteiger partial charge in [0.15, 0.2) is 5.76 Å². The normalized spacial score (nSPS) is 14.1. The fourth-order valence-electron chi connectivity index (χ4n) is 2.97. The van der Waals surface area contributed by atoms with Gasteiger partial charge in [-0.05, 0) is 42.8 Å².